The zero-order valence-corrected chi connectivity index (χ0v) is 11.4. The first-order chi connectivity index (χ1) is 9.15. The molecule has 1 aromatic rings. The second kappa shape index (κ2) is 4.85. The molecule has 1 amide bonds. The van der Waals surface area contributed by atoms with Crippen LogP contribution < -0.4 is 5.73 Å². The number of benzene rings is 1. The summed E-state index contributed by atoms with van der Waals surface area (Å²) in [4.78, 5) is 16.9. The molecule has 2 aliphatic rings. The lowest BCUT2D eigenvalue weighted by molar-refractivity contribution is 0.0628. The van der Waals surface area contributed by atoms with Crippen molar-refractivity contribution in [3.63, 3.8) is 0 Å². The number of piperazine rings is 1. The molecule has 3 rings (SSSR count). The lowest BCUT2D eigenvalue weighted by Crippen LogP contribution is -2.49. The number of hydrogen-bond acceptors (Lipinski definition) is 3. The van der Waals surface area contributed by atoms with Crippen molar-refractivity contribution in [2.75, 3.05) is 31.9 Å². The smallest absolute Gasteiger partial charge is 0.256 e. The average molecular weight is 259 g/mol. The molecule has 2 N–H and O–H groups in total. The van der Waals surface area contributed by atoms with Gasteiger partial charge in [-0.1, -0.05) is 11.6 Å². The summed E-state index contributed by atoms with van der Waals surface area (Å²) in [6, 6.07) is 6.45. The maximum absolute atomic E-state index is 12.5. The van der Waals surface area contributed by atoms with E-state index in [-0.39, 0.29) is 5.91 Å². The van der Waals surface area contributed by atoms with E-state index in [2.05, 4.69) is 4.90 Å². The molecule has 1 saturated heterocycles. The zero-order chi connectivity index (χ0) is 13.4. The summed E-state index contributed by atoms with van der Waals surface area (Å²) in [5, 5.41) is 0. The fourth-order valence-electron chi connectivity index (χ4n) is 2.76. The predicted octanol–water partition coefficient (Wildman–Crippen LogP) is 1.50. The molecule has 0 bridgehead atoms. The topological polar surface area (TPSA) is 49.6 Å². The second-order valence-corrected chi connectivity index (χ2v) is 5.65. The first-order valence-electron chi connectivity index (χ1n) is 7.04. The van der Waals surface area contributed by atoms with Crippen LogP contribution in [0, 0.1) is 6.92 Å². The molecular formula is C15H21N3O. The minimum atomic E-state index is 0.0802. The average Bonchev–Trinajstić information content (AvgIpc) is 3.25. The minimum Gasteiger partial charge on any atom is -0.398 e. The van der Waals surface area contributed by atoms with Crippen molar-refractivity contribution in [2.45, 2.75) is 25.8 Å². The molecule has 0 atom stereocenters. The highest BCUT2D eigenvalue weighted by Gasteiger charge is 2.32. The third kappa shape index (κ3) is 2.59. The number of aryl methyl sites for hydroxylation is 1. The Bertz CT molecular complexity index is 488. The van der Waals surface area contributed by atoms with Crippen LogP contribution in [0.15, 0.2) is 18.2 Å². The Balaban J connectivity index is 1.68. The molecule has 19 heavy (non-hydrogen) atoms. The van der Waals surface area contributed by atoms with Gasteiger partial charge in [0.15, 0.2) is 0 Å². The fraction of sp³-hybridized carbons (Fsp3) is 0.533. The van der Waals surface area contributed by atoms with Crippen molar-refractivity contribution >= 4 is 11.6 Å². The Morgan fingerprint density at radius 1 is 1.21 bits per heavy atom. The van der Waals surface area contributed by atoms with Crippen LogP contribution in [0.4, 0.5) is 5.69 Å². The SMILES string of the molecule is Cc1ccc(N)c(C(=O)N2CCN(C3CC3)CC2)c1. The number of nitrogens with two attached hydrogens (primary N) is 1. The van der Waals surface area contributed by atoms with Crippen LogP contribution in [0.25, 0.3) is 0 Å². The number of amides is 1. The zero-order valence-electron chi connectivity index (χ0n) is 11.4. The van der Waals surface area contributed by atoms with Gasteiger partial charge in [-0.2, -0.15) is 0 Å². The van der Waals surface area contributed by atoms with E-state index in [1.54, 1.807) is 0 Å². The Labute approximate surface area is 114 Å². The van der Waals surface area contributed by atoms with Gasteiger partial charge < -0.3 is 10.6 Å². The molecular weight excluding hydrogens is 238 g/mol. The Morgan fingerprint density at radius 2 is 1.89 bits per heavy atom. The molecule has 1 aromatic carbocycles. The predicted molar refractivity (Wildman–Crippen MR) is 76.1 cm³/mol. The summed E-state index contributed by atoms with van der Waals surface area (Å²) in [5.41, 5.74) is 8.24. The molecule has 102 valence electrons. The molecule has 1 aliphatic heterocycles. The van der Waals surface area contributed by atoms with E-state index in [1.807, 2.05) is 30.0 Å². The third-order valence-electron chi connectivity index (χ3n) is 4.10. The number of hydrogen-bond donors (Lipinski definition) is 1. The van der Waals surface area contributed by atoms with Crippen molar-refractivity contribution in [2.24, 2.45) is 0 Å². The van der Waals surface area contributed by atoms with Gasteiger partial charge in [-0.15, -0.1) is 0 Å². The molecule has 1 saturated carbocycles. The Morgan fingerprint density at radius 3 is 2.53 bits per heavy atom. The molecule has 2 fully saturated rings. The largest absolute Gasteiger partial charge is 0.398 e. The quantitative estimate of drug-likeness (QED) is 0.819. The summed E-state index contributed by atoms with van der Waals surface area (Å²) in [7, 11) is 0. The van der Waals surface area contributed by atoms with E-state index in [4.69, 9.17) is 5.73 Å². The minimum absolute atomic E-state index is 0.0802. The second-order valence-electron chi connectivity index (χ2n) is 5.65. The molecule has 1 heterocycles. The van der Waals surface area contributed by atoms with Gasteiger partial charge in [-0.3, -0.25) is 9.69 Å². The van der Waals surface area contributed by atoms with Crippen molar-refractivity contribution in [3.8, 4) is 0 Å². The van der Waals surface area contributed by atoms with Gasteiger partial charge in [-0.05, 0) is 31.9 Å². The Hall–Kier alpha value is -1.55. The molecule has 1 aliphatic carbocycles. The highest BCUT2D eigenvalue weighted by Crippen LogP contribution is 2.28. The standard InChI is InChI=1S/C15H21N3O/c1-11-2-5-14(16)13(10-11)15(19)18-8-6-17(7-9-18)12-3-4-12/h2,5,10,12H,3-4,6-9,16H2,1H3. The summed E-state index contributed by atoms with van der Waals surface area (Å²) < 4.78 is 0. The molecule has 4 heteroatoms. The van der Waals surface area contributed by atoms with Gasteiger partial charge in [-0.25, -0.2) is 0 Å². The first-order valence-corrected chi connectivity index (χ1v) is 7.04. The van der Waals surface area contributed by atoms with Crippen LogP contribution in [0.2, 0.25) is 0 Å². The van der Waals surface area contributed by atoms with Crippen LogP contribution in [0.1, 0.15) is 28.8 Å². The monoisotopic (exact) mass is 259 g/mol. The number of anilines is 1. The Kier molecular flexibility index (Phi) is 3.19. The first kappa shape index (κ1) is 12.5. The summed E-state index contributed by atoms with van der Waals surface area (Å²) in [6.45, 7) is 5.64. The van der Waals surface area contributed by atoms with Crippen molar-refractivity contribution in [1.82, 2.24) is 9.80 Å². The summed E-state index contributed by atoms with van der Waals surface area (Å²) in [5.74, 6) is 0.0802. The van der Waals surface area contributed by atoms with E-state index in [1.165, 1.54) is 12.8 Å². The lowest BCUT2D eigenvalue weighted by Gasteiger charge is -2.35. The van der Waals surface area contributed by atoms with Gasteiger partial charge in [0.25, 0.3) is 5.91 Å². The summed E-state index contributed by atoms with van der Waals surface area (Å²) >= 11 is 0. The number of nitrogens with zero attached hydrogens (tertiary/aromatic N) is 2. The van der Waals surface area contributed by atoms with Gasteiger partial charge in [0.1, 0.15) is 0 Å². The van der Waals surface area contributed by atoms with E-state index in [9.17, 15) is 4.79 Å². The molecule has 4 nitrogen and oxygen atoms in total. The molecule has 0 unspecified atom stereocenters. The highest BCUT2D eigenvalue weighted by atomic mass is 16.2. The summed E-state index contributed by atoms with van der Waals surface area (Å²) in [6.07, 6.45) is 2.66. The van der Waals surface area contributed by atoms with E-state index in [0.717, 1.165) is 37.8 Å². The maximum Gasteiger partial charge on any atom is 0.256 e. The number of carbonyl (C=O) groups excluding carboxylic acids is 1. The van der Waals surface area contributed by atoms with Crippen LogP contribution in [0.3, 0.4) is 0 Å². The third-order valence-corrected chi connectivity index (χ3v) is 4.10. The van der Waals surface area contributed by atoms with E-state index < -0.39 is 0 Å². The van der Waals surface area contributed by atoms with Crippen molar-refractivity contribution in [1.29, 1.82) is 0 Å². The maximum atomic E-state index is 12.5. The van der Waals surface area contributed by atoms with E-state index in [0.29, 0.717) is 11.3 Å². The number of carbonyl (C=O) groups is 1. The highest BCUT2D eigenvalue weighted by molar-refractivity contribution is 5.99. The van der Waals surface area contributed by atoms with Crippen LogP contribution in [-0.4, -0.2) is 47.9 Å². The van der Waals surface area contributed by atoms with Crippen LogP contribution in [-0.2, 0) is 0 Å². The molecule has 0 radical (unpaired) electrons. The van der Waals surface area contributed by atoms with Gasteiger partial charge >= 0.3 is 0 Å². The molecule has 0 spiro atoms. The van der Waals surface area contributed by atoms with Gasteiger partial charge in [0.05, 0.1) is 5.56 Å². The molecule has 0 aromatic heterocycles. The van der Waals surface area contributed by atoms with Gasteiger partial charge in [0, 0.05) is 37.9 Å². The van der Waals surface area contributed by atoms with Crippen molar-refractivity contribution in [3.05, 3.63) is 29.3 Å². The van der Waals surface area contributed by atoms with Crippen molar-refractivity contribution < 1.29 is 4.79 Å². The normalized spacial score (nSPS) is 20.6. The fourth-order valence-corrected chi connectivity index (χ4v) is 2.76. The van der Waals surface area contributed by atoms with Crippen LogP contribution >= 0.6 is 0 Å². The number of nitrogen functional groups attached to an aromatic ring is 1. The van der Waals surface area contributed by atoms with Crippen LogP contribution in [0.5, 0.6) is 0 Å². The number of rotatable bonds is 2. The van der Waals surface area contributed by atoms with E-state index >= 15 is 0 Å². The lowest BCUT2D eigenvalue weighted by atomic mass is 10.1. The van der Waals surface area contributed by atoms with Gasteiger partial charge in [0.2, 0.25) is 0 Å².